The number of hydrogen-bond acceptors (Lipinski definition) is 0. The first kappa shape index (κ1) is 11.0. The number of aromatic amines is 2. The van der Waals surface area contributed by atoms with Gasteiger partial charge < -0.3 is 9.97 Å². The Morgan fingerprint density at radius 2 is 1.29 bits per heavy atom. The molecule has 0 spiro atoms. The summed E-state index contributed by atoms with van der Waals surface area (Å²) in [4.78, 5) is 7.14. The molecule has 0 saturated carbocycles. The van der Waals surface area contributed by atoms with Crippen LogP contribution >= 0.6 is 0 Å². The summed E-state index contributed by atoms with van der Waals surface area (Å²) in [5.41, 5.74) is 6.07. The first-order chi connectivity index (χ1) is 10.3. The molecule has 0 aliphatic carbocycles. The highest BCUT2D eigenvalue weighted by molar-refractivity contribution is 6.21. The summed E-state index contributed by atoms with van der Waals surface area (Å²) in [6.07, 6.45) is 0. The van der Waals surface area contributed by atoms with Crippen LogP contribution in [0.2, 0.25) is 0 Å². The lowest BCUT2D eigenvalue weighted by Gasteiger charge is -1.95. The van der Waals surface area contributed by atoms with Gasteiger partial charge >= 0.3 is 0 Å². The lowest BCUT2D eigenvalue weighted by atomic mass is 10.1. The van der Waals surface area contributed by atoms with E-state index in [1.807, 2.05) is 0 Å². The number of rotatable bonds is 0. The molecular formula is C19H14N2. The zero-order chi connectivity index (χ0) is 14.0. The minimum atomic E-state index is 1.19. The van der Waals surface area contributed by atoms with E-state index in [0.717, 1.165) is 0 Å². The number of hydrogen-bond donors (Lipinski definition) is 2. The van der Waals surface area contributed by atoms with Crippen molar-refractivity contribution in [2.75, 3.05) is 0 Å². The average molecular weight is 270 g/mol. The first-order valence-corrected chi connectivity index (χ1v) is 7.23. The normalized spacial score (nSPS) is 12.0. The van der Waals surface area contributed by atoms with Crippen molar-refractivity contribution < 1.29 is 0 Å². The van der Waals surface area contributed by atoms with Crippen LogP contribution in [0.1, 0.15) is 5.56 Å². The third kappa shape index (κ3) is 1.37. The summed E-state index contributed by atoms with van der Waals surface area (Å²) < 4.78 is 0. The van der Waals surface area contributed by atoms with Crippen LogP contribution in [0.3, 0.4) is 0 Å². The quantitative estimate of drug-likeness (QED) is 0.384. The fourth-order valence-corrected chi connectivity index (χ4v) is 3.40. The summed E-state index contributed by atoms with van der Waals surface area (Å²) in [7, 11) is 0. The predicted octanol–water partition coefficient (Wildman–Crippen LogP) is 5.26. The molecule has 0 unspecified atom stereocenters. The smallest absolute Gasteiger partial charge is 0.0710 e. The van der Waals surface area contributed by atoms with Gasteiger partial charge in [0.25, 0.3) is 0 Å². The Balaban J connectivity index is 2.06. The van der Waals surface area contributed by atoms with E-state index in [9.17, 15) is 0 Å². The van der Waals surface area contributed by atoms with Crippen molar-refractivity contribution in [3.63, 3.8) is 0 Å². The molecule has 2 heterocycles. The molecule has 21 heavy (non-hydrogen) atoms. The van der Waals surface area contributed by atoms with Gasteiger partial charge in [0.15, 0.2) is 0 Å². The first-order valence-electron chi connectivity index (χ1n) is 7.23. The Kier molecular flexibility index (Phi) is 1.92. The second-order valence-electron chi connectivity index (χ2n) is 5.76. The number of aryl methyl sites for hydroxylation is 1. The van der Waals surface area contributed by atoms with E-state index in [0.29, 0.717) is 0 Å². The van der Waals surface area contributed by atoms with Gasteiger partial charge in [-0.15, -0.1) is 0 Å². The Hall–Kier alpha value is -2.74. The lowest BCUT2D eigenvalue weighted by molar-refractivity contribution is 1.48. The van der Waals surface area contributed by atoms with Crippen LogP contribution in [0.15, 0.2) is 54.6 Å². The predicted molar refractivity (Wildman–Crippen MR) is 89.9 cm³/mol. The Bertz CT molecular complexity index is 1140. The Morgan fingerprint density at radius 3 is 2.10 bits per heavy atom. The zero-order valence-corrected chi connectivity index (χ0v) is 11.7. The molecule has 2 aromatic heterocycles. The minimum Gasteiger partial charge on any atom is -0.353 e. The number of benzene rings is 3. The zero-order valence-electron chi connectivity index (χ0n) is 11.7. The van der Waals surface area contributed by atoms with E-state index in [1.54, 1.807) is 0 Å². The van der Waals surface area contributed by atoms with Gasteiger partial charge in [0, 0.05) is 32.6 Å². The summed E-state index contributed by atoms with van der Waals surface area (Å²) in [6.45, 7) is 2.14. The highest BCUT2D eigenvalue weighted by Gasteiger charge is 2.11. The molecule has 0 bridgehead atoms. The molecule has 0 radical (unpaired) electrons. The van der Waals surface area contributed by atoms with Crippen molar-refractivity contribution >= 4 is 43.6 Å². The summed E-state index contributed by atoms with van der Waals surface area (Å²) in [5.74, 6) is 0. The summed E-state index contributed by atoms with van der Waals surface area (Å²) >= 11 is 0. The van der Waals surface area contributed by atoms with Gasteiger partial charge in [-0.1, -0.05) is 42.0 Å². The number of aromatic nitrogens is 2. The molecule has 0 amide bonds. The van der Waals surface area contributed by atoms with Gasteiger partial charge in [-0.3, -0.25) is 0 Å². The van der Waals surface area contributed by atoms with Crippen molar-refractivity contribution in [1.82, 2.24) is 9.97 Å². The van der Waals surface area contributed by atoms with E-state index in [1.165, 1.54) is 49.2 Å². The Labute approximate surface area is 121 Å². The molecule has 0 atom stereocenters. The number of H-pyrrole nitrogens is 2. The van der Waals surface area contributed by atoms with Crippen LogP contribution in [0.5, 0.6) is 0 Å². The highest BCUT2D eigenvalue weighted by Crippen LogP contribution is 2.34. The minimum absolute atomic E-state index is 1.19. The maximum absolute atomic E-state index is 3.58. The van der Waals surface area contributed by atoms with E-state index >= 15 is 0 Å². The number of fused-ring (bicyclic) bond motifs is 7. The number of para-hydroxylation sites is 1. The topological polar surface area (TPSA) is 31.6 Å². The Morgan fingerprint density at radius 1 is 0.619 bits per heavy atom. The molecule has 0 aliphatic rings. The lowest BCUT2D eigenvalue weighted by Crippen LogP contribution is -1.72. The fraction of sp³-hybridized carbons (Fsp3) is 0.0526. The molecule has 5 aromatic rings. The standard InChI is InChI=1S/C19H14N2/c1-11-6-9-17-15(10-11)14-8-7-13-12-4-2-3-5-16(12)20-18(13)19(14)21-17/h2-10,20-21H,1H3. The SMILES string of the molecule is Cc1ccc2[nH]c3c(ccc4c5ccccc5[nH]c43)c2c1. The van der Waals surface area contributed by atoms with E-state index in [-0.39, 0.29) is 0 Å². The third-order valence-electron chi connectivity index (χ3n) is 4.41. The molecule has 2 nitrogen and oxygen atoms in total. The molecular weight excluding hydrogens is 256 g/mol. The van der Waals surface area contributed by atoms with Crippen LogP contribution in [0.25, 0.3) is 43.6 Å². The van der Waals surface area contributed by atoms with Crippen LogP contribution in [-0.2, 0) is 0 Å². The third-order valence-corrected chi connectivity index (χ3v) is 4.41. The van der Waals surface area contributed by atoms with Crippen molar-refractivity contribution in [1.29, 1.82) is 0 Å². The van der Waals surface area contributed by atoms with Crippen molar-refractivity contribution in [2.45, 2.75) is 6.92 Å². The second kappa shape index (κ2) is 3.67. The molecule has 0 fully saturated rings. The van der Waals surface area contributed by atoms with Crippen LogP contribution in [0, 0.1) is 6.92 Å². The molecule has 0 saturated heterocycles. The number of nitrogens with one attached hydrogen (secondary N) is 2. The highest BCUT2D eigenvalue weighted by atomic mass is 14.8. The van der Waals surface area contributed by atoms with E-state index in [2.05, 4.69) is 71.5 Å². The van der Waals surface area contributed by atoms with Gasteiger partial charge in [-0.2, -0.15) is 0 Å². The average Bonchev–Trinajstić information content (AvgIpc) is 3.05. The molecule has 2 heteroatoms. The summed E-state index contributed by atoms with van der Waals surface area (Å²) in [6, 6.07) is 19.5. The van der Waals surface area contributed by atoms with E-state index in [4.69, 9.17) is 0 Å². The summed E-state index contributed by atoms with van der Waals surface area (Å²) in [5, 5.41) is 5.14. The van der Waals surface area contributed by atoms with Gasteiger partial charge in [-0.05, 0) is 25.1 Å². The molecule has 5 rings (SSSR count). The fourth-order valence-electron chi connectivity index (χ4n) is 3.40. The maximum atomic E-state index is 3.58. The monoisotopic (exact) mass is 270 g/mol. The molecule has 100 valence electrons. The van der Waals surface area contributed by atoms with Gasteiger partial charge in [0.1, 0.15) is 0 Å². The van der Waals surface area contributed by atoms with Crippen molar-refractivity contribution in [2.24, 2.45) is 0 Å². The maximum Gasteiger partial charge on any atom is 0.0710 e. The molecule has 2 N–H and O–H groups in total. The van der Waals surface area contributed by atoms with Crippen molar-refractivity contribution in [3.05, 3.63) is 60.2 Å². The van der Waals surface area contributed by atoms with E-state index < -0.39 is 0 Å². The largest absolute Gasteiger partial charge is 0.353 e. The van der Waals surface area contributed by atoms with Crippen LogP contribution in [0.4, 0.5) is 0 Å². The van der Waals surface area contributed by atoms with Crippen LogP contribution < -0.4 is 0 Å². The molecule has 3 aromatic carbocycles. The van der Waals surface area contributed by atoms with Gasteiger partial charge in [-0.25, -0.2) is 0 Å². The molecule has 0 aliphatic heterocycles. The van der Waals surface area contributed by atoms with Crippen LogP contribution in [-0.4, -0.2) is 9.97 Å². The second-order valence-corrected chi connectivity index (χ2v) is 5.76. The van der Waals surface area contributed by atoms with Gasteiger partial charge in [0.2, 0.25) is 0 Å². The van der Waals surface area contributed by atoms with Crippen molar-refractivity contribution in [3.8, 4) is 0 Å². The van der Waals surface area contributed by atoms with Gasteiger partial charge in [0.05, 0.1) is 11.0 Å².